The minimum Gasteiger partial charge on any atom is -0.494 e. The van der Waals surface area contributed by atoms with Gasteiger partial charge in [-0.25, -0.2) is 0 Å². The van der Waals surface area contributed by atoms with Crippen LogP contribution < -0.4 is 20.1 Å². The van der Waals surface area contributed by atoms with E-state index in [0.29, 0.717) is 29.3 Å². The lowest BCUT2D eigenvalue weighted by atomic mass is 10.1. The molecule has 28 heavy (non-hydrogen) atoms. The summed E-state index contributed by atoms with van der Waals surface area (Å²) in [5.41, 5.74) is 3.43. The molecule has 2 N–H and O–H groups in total. The van der Waals surface area contributed by atoms with Crippen molar-refractivity contribution in [2.75, 3.05) is 24.4 Å². The maximum atomic E-state index is 12.2. The summed E-state index contributed by atoms with van der Waals surface area (Å²) in [5, 5.41) is 5.60. The van der Waals surface area contributed by atoms with E-state index in [0.717, 1.165) is 18.4 Å². The number of anilines is 2. The molecule has 0 atom stereocenters. The third-order valence-electron chi connectivity index (χ3n) is 4.37. The molecule has 0 radical (unpaired) electrons. The van der Waals surface area contributed by atoms with E-state index in [1.54, 1.807) is 18.2 Å². The van der Waals surface area contributed by atoms with Gasteiger partial charge in [0.15, 0.2) is 6.61 Å². The zero-order chi connectivity index (χ0) is 20.5. The van der Waals surface area contributed by atoms with Crippen molar-refractivity contribution in [1.29, 1.82) is 0 Å². The van der Waals surface area contributed by atoms with Gasteiger partial charge in [-0.15, -0.1) is 0 Å². The molecule has 2 amide bonds. The third kappa shape index (κ3) is 6.30. The predicted molar refractivity (Wildman–Crippen MR) is 111 cm³/mol. The van der Waals surface area contributed by atoms with Crippen LogP contribution in [0.1, 0.15) is 37.3 Å². The first-order valence-electron chi connectivity index (χ1n) is 9.40. The molecule has 0 spiro atoms. The van der Waals surface area contributed by atoms with Crippen LogP contribution in [-0.2, 0) is 9.59 Å². The minimum absolute atomic E-state index is 0.0567. The van der Waals surface area contributed by atoms with E-state index < -0.39 is 0 Å². The molecule has 0 aliphatic rings. The van der Waals surface area contributed by atoms with Crippen LogP contribution >= 0.6 is 0 Å². The normalized spacial score (nSPS) is 10.3. The molecule has 0 bridgehead atoms. The maximum absolute atomic E-state index is 12.2. The van der Waals surface area contributed by atoms with Crippen molar-refractivity contribution in [3.8, 4) is 11.5 Å². The van der Waals surface area contributed by atoms with Crippen LogP contribution in [0.25, 0.3) is 0 Å². The van der Waals surface area contributed by atoms with Crippen LogP contribution in [0.4, 0.5) is 11.4 Å². The number of nitrogens with one attached hydrogen (secondary N) is 2. The maximum Gasteiger partial charge on any atom is 0.262 e. The van der Waals surface area contributed by atoms with Crippen molar-refractivity contribution in [3.63, 3.8) is 0 Å². The largest absolute Gasteiger partial charge is 0.494 e. The standard InChI is InChI=1S/C22H28N2O4/c1-5-6-7-21(25)24-19-11-9-17(13-20(19)27-4)23-22(26)14-28-18-10-8-15(2)16(3)12-18/h8-13H,5-7,14H2,1-4H3,(H,23,26)(H,24,25). The molecule has 2 aromatic carbocycles. The molecule has 2 aromatic rings. The van der Waals surface area contributed by atoms with Gasteiger partial charge in [-0.05, 0) is 55.7 Å². The first-order chi connectivity index (χ1) is 13.4. The highest BCUT2D eigenvalue weighted by molar-refractivity contribution is 5.95. The molecule has 150 valence electrons. The van der Waals surface area contributed by atoms with Gasteiger partial charge < -0.3 is 20.1 Å². The van der Waals surface area contributed by atoms with Crippen LogP contribution in [0.2, 0.25) is 0 Å². The lowest BCUT2D eigenvalue weighted by molar-refractivity contribution is -0.118. The molecule has 0 heterocycles. The van der Waals surface area contributed by atoms with E-state index in [9.17, 15) is 9.59 Å². The molecular weight excluding hydrogens is 356 g/mol. The first-order valence-corrected chi connectivity index (χ1v) is 9.40. The first kappa shape index (κ1) is 21.3. The molecule has 0 fully saturated rings. The van der Waals surface area contributed by atoms with Crippen LogP contribution in [0.3, 0.4) is 0 Å². The molecular formula is C22H28N2O4. The van der Waals surface area contributed by atoms with Gasteiger partial charge >= 0.3 is 0 Å². The van der Waals surface area contributed by atoms with Crippen molar-refractivity contribution < 1.29 is 19.1 Å². The molecule has 2 rings (SSSR count). The number of aryl methyl sites for hydroxylation is 2. The Morgan fingerprint density at radius 1 is 0.964 bits per heavy atom. The Labute approximate surface area is 166 Å². The monoisotopic (exact) mass is 384 g/mol. The van der Waals surface area contributed by atoms with Crippen LogP contribution in [0, 0.1) is 13.8 Å². The summed E-state index contributed by atoms with van der Waals surface area (Å²) < 4.78 is 10.9. The number of carbonyl (C=O) groups is 2. The van der Waals surface area contributed by atoms with E-state index in [4.69, 9.17) is 9.47 Å². The van der Waals surface area contributed by atoms with E-state index in [2.05, 4.69) is 10.6 Å². The number of ether oxygens (including phenoxy) is 2. The Balaban J connectivity index is 1.94. The fraction of sp³-hybridized carbons (Fsp3) is 0.364. The lowest BCUT2D eigenvalue weighted by Gasteiger charge is -2.13. The van der Waals surface area contributed by atoms with Gasteiger partial charge in [-0.1, -0.05) is 19.4 Å². The summed E-state index contributed by atoms with van der Waals surface area (Å²) in [6.45, 7) is 5.96. The molecule has 0 aromatic heterocycles. The number of benzene rings is 2. The van der Waals surface area contributed by atoms with Crippen molar-refractivity contribution in [1.82, 2.24) is 0 Å². The van der Waals surface area contributed by atoms with E-state index in [1.807, 2.05) is 39.0 Å². The van der Waals surface area contributed by atoms with Crippen molar-refractivity contribution in [2.45, 2.75) is 40.0 Å². The van der Waals surface area contributed by atoms with Gasteiger partial charge in [-0.2, -0.15) is 0 Å². The lowest BCUT2D eigenvalue weighted by Crippen LogP contribution is -2.20. The highest BCUT2D eigenvalue weighted by atomic mass is 16.5. The molecule has 0 aliphatic heterocycles. The molecule has 0 unspecified atom stereocenters. The predicted octanol–water partition coefficient (Wildman–Crippen LogP) is 4.46. The van der Waals surface area contributed by atoms with Gasteiger partial charge in [0.25, 0.3) is 5.91 Å². The van der Waals surface area contributed by atoms with Crippen molar-refractivity contribution in [2.24, 2.45) is 0 Å². The van der Waals surface area contributed by atoms with Gasteiger partial charge in [-0.3, -0.25) is 9.59 Å². The summed E-state index contributed by atoms with van der Waals surface area (Å²) in [6, 6.07) is 10.8. The second-order valence-corrected chi connectivity index (χ2v) is 6.65. The number of amides is 2. The highest BCUT2D eigenvalue weighted by Crippen LogP contribution is 2.28. The topological polar surface area (TPSA) is 76.7 Å². The Hall–Kier alpha value is -3.02. The Morgan fingerprint density at radius 3 is 2.43 bits per heavy atom. The summed E-state index contributed by atoms with van der Waals surface area (Å²) in [5.74, 6) is 0.803. The number of unbranched alkanes of at least 4 members (excludes halogenated alkanes) is 1. The highest BCUT2D eigenvalue weighted by Gasteiger charge is 2.10. The zero-order valence-electron chi connectivity index (χ0n) is 16.9. The van der Waals surface area contributed by atoms with E-state index >= 15 is 0 Å². The smallest absolute Gasteiger partial charge is 0.262 e. The average molecular weight is 384 g/mol. The molecule has 6 heteroatoms. The quantitative estimate of drug-likeness (QED) is 0.669. The zero-order valence-corrected chi connectivity index (χ0v) is 16.9. The summed E-state index contributed by atoms with van der Waals surface area (Å²) in [6.07, 6.45) is 2.26. The van der Waals surface area contributed by atoms with Gasteiger partial charge in [0.05, 0.1) is 12.8 Å². The second-order valence-electron chi connectivity index (χ2n) is 6.65. The SMILES string of the molecule is CCCCC(=O)Nc1ccc(NC(=O)COc2ccc(C)c(C)c2)cc1OC. The van der Waals surface area contributed by atoms with E-state index in [-0.39, 0.29) is 18.4 Å². The number of methoxy groups -OCH3 is 1. The van der Waals surface area contributed by atoms with Crippen molar-refractivity contribution >= 4 is 23.2 Å². The van der Waals surface area contributed by atoms with E-state index in [1.165, 1.54) is 12.7 Å². The number of carbonyl (C=O) groups excluding carboxylic acids is 2. The fourth-order valence-corrected chi connectivity index (χ4v) is 2.57. The molecule has 0 saturated carbocycles. The number of hydrogen-bond donors (Lipinski definition) is 2. The summed E-state index contributed by atoms with van der Waals surface area (Å²) in [4.78, 5) is 24.1. The summed E-state index contributed by atoms with van der Waals surface area (Å²) in [7, 11) is 1.52. The van der Waals surface area contributed by atoms with Crippen molar-refractivity contribution in [3.05, 3.63) is 47.5 Å². The Morgan fingerprint density at radius 2 is 1.75 bits per heavy atom. The molecule has 0 aliphatic carbocycles. The van der Waals surface area contributed by atoms with Gasteiger partial charge in [0, 0.05) is 18.2 Å². The molecule has 0 saturated heterocycles. The van der Waals surface area contributed by atoms with Crippen LogP contribution in [0.5, 0.6) is 11.5 Å². The summed E-state index contributed by atoms with van der Waals surface area (Å²) >= 11 is 0. The number of rotatable bonds is 9. The fourth-order valence-electron chi connectivity index (χ4n) is 2.57. The number of hydrogen-bond acceptors (Lipinski definition) is 4. The minimum atomic E-state index is -0.278. The van der Waals surface area contributed by atoms with Gasteiger partial charge in [0.2, 0.25) is 5.91 Å². The average Bonchev–Trinajstić information content (AvgIpc) is 2.68. The second kappa shape index (κ2) is 10.3. The Kier molecular flexibility index (Phi) is 7.87. The molecule has 6 nitrogen and oxygen atoms in total. The van der Waals surface area contributed by atoms with Gasteiger partial charge in [0.1, 0.15) is 11.5 Å². The van der Waals surface area contributed by atoms with Crippen LogP contribution in [0.15, 0.2) is 36.4 Å². The Bertz CT molecular complexity index is 833. The third-order valence-corrected chi connectivity index (χ3v) is 4.37. The van der Waals surface area contributed by atoms with Crippen LogP contribution in [-0.4, -0.2) is 25.5 Å².